The number of halogens is 1. The van der Waals surface area contributed by atoms with Crippen LogP contribution in [0, 0.1) is 0 Å². The number of nitrogens with one attached hydrogen (secondary N) is 1. The molecule has 0 fully saturated rings. The van der Waals surface area contributed by atoms with Crippen molar-refractivity contribution in [2.24, 2.45) is 0 Å². The molecule has 2 aromatic carbocycles. The molecule has 4 rings (SSSR count). The number of hydrogen-bond donors (Lipinski definition) is 1. The summed E-state index contributed by atoms with van der Waals surface area (Å²) >= 11 is 6.05. The average Bonchev–Trinajstić information content (AvgIpc) is 3.14. The Morgan fingerprint density at radius 1 is 1.23 bits per heavy atom. The quantitative estimate of drug-likeness (QED) is 0.473. The SMILES string of the molecule is CCCN(Cc1nc2cc(Cl)ccc2c(=O)[nH]1)C(=O)Cn1ccc2cc(OC)ccc21. The van der Waals surface area contributed by atoms with Gasteiger partial charge in [-0.05, 0) is 48.9 Å². The van der Waals surface area contributed by atoms with Crippen LogP contribution in [0.1, 0.15) is 19.2 Å². The van der Waals surface area contributed by atoms with E-state index in [0.29, 0.717) is 28.3 Å². The van der Waals surface area contributed by atoms with E-state index in [-0.39, 0.29) is 24.6 Å². The highest BCUT2D eigenvalue weighted by molar-refractivity contribution is 6.31. The number of carbonyl (C=O) groups is 1. The van der Waals surface area contributed by atoms with Crippen LogP contribution in [0.3, 0.4) is 0 Å². The summed E-state index contributed by atoms with van der Waals surface area (Å²) in [6.07, 6.45) is 2.68. The van der Waals surface area contributed by atoms with Crippen molar-refractivity contribution >= 4 is 39.3 Å². The van der Waals surface area contributed by atoms with Gasteiger partial charge >= 0.3 is 0 Å². The first-order chi connectivity index (χ1) is 15.0. The van der Waals surface area contributed by atoms with Gasteiger partial charge in [-0.3, -0.25) is 9.59 Å². The first kappa shape index (κ1) is 20.9. The normalized spacial score (nSPS) is 11.2. The van der Waals surface area contributed by atoms with E-state index < -0.39 is 0 Å². The first-order valence-electron chi connectivity index (χ1n) is 10.1. The second-order valence-electron chi connectivity index (χ2n) is 7.36. The molecule has 8 heteroatoms. The van der Waals surface area contributed by atoms with Gasteiger partial charge in [0.1, 0.15) is 18.1 Å². The number of aromatic nitrogens is 3. The van der Waals surface area contributed by atoms with E-state index in [9.17, 15) is 9.59 Å². The van der Waals surface area contributed by atoms with Gasteiger partial charge in [-0.25, -0.2) is 4.98 Å². The lowest BCUT2D eigenvalue weighted by molar-refractivity contribution is -0.132. The Morgan fingerprint density at radius 2 is 2.06 bits per heavy atom. The molecule has 4 aromatic rings. The van der Waals surface area contributed by atoms with E-state index in [4.69, 9.17) is 16.3 Å². The lowest BCUT2D eigenvalue weighted by atomic mass is 10.2. The summed E-state index contributed by atoms with van der Waals surface area (Å²) in [4.78, 5) is 34.5. The fourth-order valence-corrected chi connectivity index (χ4v) is 3.83. The maximum atomic E-state index is 13.1. The molecule has 1 N–H and O–H groups in total. The highest BCUT2D eigenvalue weighted by Gasteiger charge is 2.17. The van der Waals surface area contributed by atoms with Crippen molar-refractivity contribution in [3.8, 4) is 5.75 Å². The van der Waals surface area contributed by atoms with Gasteiger partial charge in [0.05, 0.1) is 24.6 Å². The number of aromatic amines is 1. The first-order valence-corrected chi connectivity index (χ1v) is 10.5. The highest BCUT2D eigenvalue weighted by atomic mass is 35.5. The van der Waals surface area contributed by atoms with Gasteiger partial charge in [0, 0.05) is 28.7 Å². The maximum absolute atomic E-state index is 13.1. The zero-order valence-electron chi connectivity index (χ0n) is 17.4. The van der Waals surface area contributed by atoms with Crippen molar-refractivity contribution in [1.29, 1.82) is 0 Å². The fraction of sp³-hybridized carbons (Fsp3) is 0.261. The number of carbonyl (C=O) groups excluding carboxylic acids is 1. The summed E-state index contributed by atoms with van der Waals surface area (Å²) in [5.41, 5.74) is 1.23. The molecule has 0 bridgehead atoms. The van der Waals surface area contributed by atoms with Crippen molar-refractivity contribution in [2.45, 2.75) is 26.4 Å². The van der Waals surface area contributed by atoms with E-state index in [0.717, 1.165) is 23.1 Å². The minimum Gasteiger partial charge on any atom is -0.497 e. The number of benzene rings is 2. The van der Waals surface area contributed by atoms with Gasteiger partial charge in [-0.15, -0.1) is 0 Å². The zero-order chi connectivity index (χ0) is 22.0. The smallest absolute Gasteiger partial charge is 0.258 e. The second kappa shape index (κ2) is 8.81. The number of rotatable bonds is 7. The van der Waals surface area contributed by atoms with Crippen molar-refractivity contribution in [2.75, 3.05) is 13.7 Å². The van der Waals surface area contributed by atoms with Gasteiger partial charge in [0.15, 0.2) is 0 Å². The predicted octanol–water partition coefficient (Wildman–Crippen LogP) is 3.98. The fourth-order valence-electron chi connectivity index (χ4n) is 3.67. The standard InChI is InChI=1S/C23H23ClN4O3/c1-3-9-28(13-21-25-19-12-16(24)4-6-18(19)23(30)26-21)22(29)14-27-10-8-15-11-17(31-2)5-7-20(15)27/h4-8,10-12H,3,9,13-14H2,1-2H3,(H,25,26,30). The monoisotopic (exact) mass is 438 g/mol. The summed E-state index contributed by atoms with van der Waals surface area (Å²) in [6.45, 7) is 2.98. The lowest BCUT2D eigenvalue weighted by Crippen LogP contribution is -2.35. The molecule has 0 aliphatic heterocycles. The summed E-state index contributed by atoms with van der Waals surface area (Å²) < 4.78 is 7.18. The Morgan fingerprint density at radius 3 is 2.84 bits per heavy atom. The van der Waals surface area contributed by atoms with Gasteiger partial charge in [0.2, 0.25) is 5.91 Å². The molecule has 160 valence electrons. The minimum atomic E-state index is -0.245. The van der Waals surface area contributed by atoms with Crippen LogP contribution in [0.5, 0.6) is 5.75 Å². The second-order valence-corrected chi connectivity index (χ2v) is 7.79. The lowest BCUT2D eigenvalue weighted by Gasteiger charge is -2.22. The van der Waals surface area contributed by atoms with Crippen LogP contribution in [-0.4, -0.2) is 39.0 Å². The molecule has 2 heterocycles. The molecule has 1 amide bonds. The summed E-state index contributed by atoms with van der Waals surface area (Å²) in [6, 6.07) is 12.7. The van der Waals surface area contributed by atoms with Gasteiger partial charge < -0.3 is 19.2 Å². The topological polar surface area (TPSA) is 80.2 Å². The third-order valence-corrected chi connectivity index (χ3v) is 5.42. The van der Waals surface area contributed by atoms with Crippen LogP contribution in [0.15, 0.2) is 53.5 Å². The Balaban J connectivity index is 1.58. The molecule has 0 radical (unpaired) electrons. The van der Waals surface area contributed by atoms with Crippen molar-refractivity contribution in [3.63, 3.8) is 0 Å². The number of hydrogen-bond acceptors (Lipinski definition) is 4. The van der Waals surface area contributed by atoms with Crippen LogP contribution < -0.4 is 10.3 Å². The Labute approximate surface area is 184 Å². The zero-order valence-corrected chi connectivity index (χ0v) is 18.1. The Kier molecular flexibility index (Phi) is 5.95. The molecule has 2 aromatic heterocycles. The van der Waals surface area contributed by atoms with Crippen LogP contribution in [0.2, 0.25) is 5.02 Å². The van der Waals surface area contributed by atoms with Crippen LogP contribution in [-0.2, 0) is 17.9 Å². The van der Waals surface area contributed by atoms with Gasteiger partial charge in [-0.1, -0.05) is 18.5 Å². The molecular weight excluding hydrogens is 416 g/mol. The molecule has 0 aliphatic carbocycles. The summed E-state index contributed by atoms with van der Waals surface area (Å²) in [5, 5.41) is 1.98. The van der Waals surface area contributed by atoms with E-state index in [1.54, 1.807) is 30.2 Å². The Hall–Kier alpha value is -3.32. The highest BCUT2D eigenvalue weighted by Crippen LogP contribution is 2.22. The third kappa shape index (κ3) is 4.41. The van der Waals surface area contributed by atoms with Crippen LogP contribution in [0.4, 0.5) is 0 Å². The number of nitrogens with zero attached hydrogens (tertiary/aromatic N) is 3. The number of methoxy groups -OCH3 is 1. The molecule has 31 heavy (non-hydrogen) atoms. The molecule has 0 saturated carbocycles. The average molecular weight is 439 g/mol. The molecule has 0 saturated heterocycles. The van der Waals surface area contributed by atoms with Crippen LogP contribution >= 0.6 is 11.6 Å². The van der Waals surface area contributed by atoms with E-state index in [1.807, 2.05) is 42.0 Å². The molecule has 0 spiro atoms. The van der Waals surface area contributed by atoms with Crippen molar-refractivity contribution in [3.05, 3.63) is 69.9 Å². The van der Waals surface area contributed by atoms with E-state index >= 15 is 0 Å². The van der Waals surface area contributed by atoms with Gasteiger partial charge in [0.25, 0.3) is 5.56 Å². The molecule has 0 unspecified atom stereocenters. The summed E-state index contributed by atoms with van der Waals surface area (Å²) in [7, 11) is 1.63. The Bertz CT molecular complexity index is 1310. The predicted molar refractivity (Wildman–Crippen MR) is 122 cm³/mol. The molecule has 7 nitrogen and oxygen atoms in total. The number of H-pyrrole nitrogens is 1. The summed E-state index contributed by atoms with van der Waals surface area (Å²) in [5.74, 6) is 1.16. The number of fused-ring (bicyclic) bond motifs is 2. The third-order valence-electron chi connectivity index (χ3n) is 5.19. The van der Waals surface area contributed by atoms with Crippen molar-refractivity contribution in [1.82, 2.24) is 19.4 Å². The number of amides is 1. The number of ether oxygens (including phenoxy) is 1. The van der Waals surface area contributed by atoms with E-state index in [1.165, 1.54) is 0 Å². The molecule has 0 aliphatic rings. The largest absolute Gasteiger partial charge is 0.497 e. The van der Waals surface area contributed by atoms with Crippen molar-refractivity contribution < 1.29 is 9.53 Å². The van der Waals surface area contributed by atoms with E-state index in [2.05, 4.69) is 9.97 Å². The minimum absolute atomic E-state index is 0.0518. The molecule has 0 atom stereocenters. The maximum Gasteiger partial charge on any atom is 0.258 e. The van der Waals surface area contributed by atoms with Crippen LogP contribution in [0.25, 0.3) is 21.8 Å². The molecular formula is C23H23ClN4O3. The van der Waals surface area contributed by atoms with Gasteiger partial charge in [-0.2, -0.15) is 0 Å².